The van der Waals surface area contributed by atoms with Crippen molar-refractivity contribution in [3.8, 4) is 0 Å². The van der Waals surface area contributed by atoms with Crippen LogP contribution in [0.15, 0.2) is 40.9 Å². The molecular formula is C14H12BrFN2S. The van der Waals surface area contributed by atoms with E-state index in [4.69, 9.17) is 18.0 Å². The van der Waals surface area contributed by atoms with Crippen LogP contribution in [0.4, 0.5) is 15.8 Å². The molecule has 3 N–H and O–H groups in total. The molecule has 0 saturated carbocycles. The number of nitrogens with two attached hydrogens (primary N) is 1. The number of hydrogen-bond donors (Lipinski definition) is 2. The average Bonchev–Trinajstić information content (AvgIpc) is 2.34. The van der Waals surface area contributed by atoms with Gasteiger partial charge in [-0.1, -0.05) is 34.2 Å². The van der Waals surface area contributed by atoms with Gasteiger partial charge in [0.1, 0.15) is 10.8 Å². The number of anilines is 2. The third-order valence-electron chi connectivity index (χ3n) is 2.64. The van der Waals surface area contributed by atoms with E-state index in [-0.39, 0.29) is 10.8 Å². The molecule has 0 aliphatic rings. The van der Waals surface area contributed by atoms with Crippen LogP contribution in [0.2, 0.25) is 0 Å². The molecule has 2 aromatic carbocycles. The maximum Gasteiger partial charge on any atom is 0.146 e. The van der Waals surface area contributed by atoms with Crippen LogP contribution >= 0.6 is 28.1 Å². The van der Waals surface area contributed by atoms with Crippen molar-refractivity contribution in [2.45, 2.75) is 6.92 Å². The Labute approximate surface area is 124 Å². The third kappa shape index (κ3) is 3.30. The van der Waals surface area contributed by atoms with E-state index < -0.39 is 0 Å². The molecule has 0 fully saturated rings. The minimum absolute atomic E-state index is 0.260. The SMILES string of the molecule is Cc1ccc(Nc2ccc(Br)cc2C(N)=S)c(F)c1. The summed E-state index contributed by atoms with van der Waals surface area (Å²) >= 11 is 8.36. The highest BCUT2D eigenvalue weighted by molar-refractivity contribution is 9.10. The number of thiocarbonyl (C=S) groups is 1. The fraction of sp³-hybridized carbons (Fsp3) is 0.0714. The monoisotopic (exact) mass is 338 g/mol. The van der Waals surface area contributed by atoms with Crippen molar-refractivity contribution < 1.29 is 4.39 Å². The second kappa shape index (κ2) is 5.67. The fourth-order valence-electron chi connectivity index (χ4n) is 1.70. The first-order valence-corrected chi connectivity index (χ1v) is 6.80. The number of nitrogens with one attached hydrogen (secondary N) is 1. The number of benzene rings is 2. The van der Waals surface area contributed by atoms with E-state index in [1.54, 1.807) is 18.2 Å². The van der Waals surface area contributed by atoms with Gasteiger partial charge in [0, 0.05) is 15.7 Å². The van der Waals surface area contributed by atoms with Crippen LogP contribution in [0.1, 0.15) is 11.1 Å². The second-order valence-electron chi connectivity index (χ2n) is 4.16. The molecule has 19 heavy (non-hydrogen) atoms. The summed E-state index contributed by atoms with van der Waals surface area (Å²) in [5.41, 5.74) is 8.29. The summed E-state index contributed by atoms with van der Waals surface area (Å²) in [7, 11) is 0. The molecule has 0 aliphatic carbocycles. The fourth-order valence-corrected chi connectivity index (χ4v) is 2.23. The van der Waals surface area contributed by atoms with Gasteiger partial charge in [0.2, 0.25) is 0 Å². The summed E-state index contributed by atoms with van der Waals surface area (Å²) < 4.78 is 14.7. The van der Waals surface area contributed by atoms with E-state index in [9.17, 15) is 4.39 Å². The molecule has 2 nitrogen and oxygen atoms in total. The normalized spacial score (nSPS) is 10.3. The highest BCUT2D eigenvalue weighted by atomic mass is 79.9. The molecule has 2 aromatic rings. The summed E-state index contributed by atoms with van der Waals surface area (Å²) in [5.74, 6) is -0.309. The van der Waals surface area contributed by atoms with Gasteiger partial charge in [-0.2, -0.15) is 0 Å². The molecule has 0 bridgehead atoms. The molecular weight excluding hydrogens is 327 g/mol. The van der Waals surface area contributed by atoms with Crippen molar-refractivity contribution in [1.82, 2.24) is 0 Å². The Morgan fingerprint density at radius 1 is 1.21 bits per heavy atom. The number of aryl methyl sites for hydroxylation is 1. The predicted octanol–water partition coefficient (Wildman–Crippen LogP) is 4.27. The number of hydrogen-bond acceptors (Lipinski definition) is 2. The molecule has 0 amide bonds. The van der Waals surface area contributed by atoms with Gasteiger partial charge in [-0.05, 0) is 42.8 Å². The summed E-state index contributed by atoms with van der Waals surface area (Å²) in [6.45, 7) is 1.84. The lowest BCUT2D eigenvalue weighted by Gasteiger charge is -2.12. The first-order chi connectivity index (χ1) is 8.97. The summed E-state index contributed by atoms with van der Waals surface area (Å²) in [4.78, 5) is 0.260. The van der Waals surface area contributed by atoms with Crippen LogP contribution in [0, 0.1) is 12.7 Å². The van der Waals surface area contributed by atoms with Crippen molar-refractivity contribution in [3.05, 3.63) is 57.8 Å². The zero-order valence-corrected chi connectivity index (χ0v) is 12.6. The van der Waals surface area contributed by atoms with Crippen LogP contribution in [-0.4, -0.2) is 4.99 Å². The van der Waals surface area contributed by atoms with E-state index in [2.05, 4.69) is 21.2 Å². The molecule has 0 heterocycles. The highest BCUT2D eigenvalue weighted by Gasteiger charge is 2.09. The molecule has 0 saturated heterocycles. The summed E-state index contributed by atoms with van der Waals surface area (Å²) in [5, 5.41) is 3.01. The zero-order valence-electron chi connectivity index (χ0n) is 10.2. The average molecular weight is 339 g/mol. The highest BCUT2D eigenvalue weighted by Crippen LogP contribution is 2.26. The Balaban J connectivity index is 2.40. The molecule has 0 atom stereocenters. The van der Waals surface area contributed by atoms with Gasteiger partial charge in [-0.15, -0.1) is 0 Å². The Kier molecular flexibility index (Phi) is 4.17. The Bertz CT molecular complexity index is 643. The summed E-state index contributed by atoms with van der Waals surface area (Å²) in [6, 6.07) is 10.5. The van der Waals surface area contributed by atoms with E-state index in [1.807, 2.05) is 19.1 Å². The first-order valence-electron chi connectivity index (χ1n) is 5.60. The van der Waals surface area contributed by atoms with Crippen LogP contribution < -0.4 is 11.1 Å². The molecule has 98 valence electrons. The van der Waals surface area contributed by atoms with Gasteiger partial charge >= 0.3 is 0 Å². The lowest BCUT2D eigenvalue weighted by Crippen LogP contribution is -2.12. The Morgan fingerprint density at radius 3 is 2.53 bits per heavy atom. The standard InChI is InChI=1S/C14H12BrFN2S/c1-8-2-4-13(11(16)6-8)18-12-5-3-9(15)7-10(12)14(17)19/h2-7,18H,1H3,(H2,17,19). The van der Waals surface area contributed by atoms with E-state index >= 15 is 0 Å². The lowest BCUT2D eigenvalue weighted by atomic mass is 10.1. The molecule has 0 radical (unpaired) electrons. The third-order valence-corrected chi connectivity index (χ3v) is 3.35. The second-order valence-corrected chi connectivity index (χ2v) is 5.52. The van der Waals surface area contributed by atoms with Crippen molar-refractivity contribution in [1.29, 1.82) is 0 Å². The number of halogens is 2. The Morgan fingerprint density at radius 2 is 1.89 bits per heavy atom. The Hall–Kier alpha value is -1.46. The minimum Gasteiger partial charge on any atom is -0.389 e. The van der Waals surface area contributed by atoms with Gasteiger partial charge in [0.25, 0.3) is 0 Å². The maximum atomic E-state index is 13.8. The molecule has 0 aromatic heterocycles. The van der Waals surface area contributed by atoms with Gasteiger partial charge in [-0.25, -0.2) is 4.39 Å². The molecule has 0 unspecified atom stereocenters. The van der Waals surface area contributed by atoms with Gasteiger partial charge in [0.05, 0.1) is 5.69 Å². The number of rotatable bonds is 3. The van der Waals surface area contributed by atoms with Crippen LogP contribution in [-0.2, 0) is 0 Å². The quantitative estimate of drug-likeness (QED) is 0.820. The van der Waals surface area contributed by atoms with Crippen molar-refractivity contribution in [2.24, 2.45) is 5.73 Å². The van der Waals surface area contributed by atoms with Crippen LogP contribution in [0.25, 0.3) is 0 Å². The summed E-state index contributed by atoms with van der Waals surface area (Å²) in [6.07, 6.45) is 0. The zero-order chi connectivity index (χ0) is 14.0. The van der Waals surface area contributed by atoms with Crippen molar-refractivity contribution in [2.75, 3.05) is 5.32 Å². The van der Waals surface area contributed by atoms with Crippen LogP contribution in [0.3, 0.4) is 0 Å². The van der Waals surface area contributed by atoms with Crippen LogP contribution in [0.5, 0.6) is 0 Å². The molecule has 5 heteroatoms. The van der Waals surface area contributed by atoms with Gasteiger partial charge in [0.15, 0.2) is 0 Å². The van der Waals surface area contributed by atoms with Crippen molar-refractivity contribution >= 4 is 44.5 Å². The van der Waals surface area contributed by atoms with Gasteiger partial charge < -0.3 is 11.1 Å². The van der Waals surface area contributed by atoms with E-state index in [0.29, 0.717) is 16.9 Å². The smallest absolute Gasteiger partial charge is 0.146 e. The van der Waals surface area contributed by atoms with E-state index in [0.717, 1.165) is 10.0 Å². The van der Waals surface area contributed by atoms with Gasteiger partial charge in [-0.3, -0.25) is 0 Å². The topological polar surface area (TPSA) is 38.0 Å². The lowest BCUT2D eigenvalue weighted by molar-refractivity contribution is 0.631. The van der Waals surface area contributed by atoms with Crippen molar-refractivity contribution in [3.63, 3.8) is 0 Å². The molecule has 0 spiro atoms. The maximum absolute atomic E-state index is 13.8. The molecule has 0 aliphatic heterocycles. The molecule has 2 rings (SSSR count). The largest absolute Gasteiger partial charge is 0.389 e. The van der Waals surface area contributed by atoms with E-state index in [1.165, 1.54) is 6.07 Å². The first kappa shape index (κ1) is 14.0. The minimum atomic E-state index is -0.309. The predicted molar refractivity (Wildman–Crippen MR) is 84.4 cm³/mol.